The Kier molecular flexibility index (Phi) is 7.26. The highest BCUT2D eigenvalue weighted by atomic mass is 16.6. The van der Waals surface area contributed by atoms with Crippen molar-refractivity contribution < 1.29 is 23.9 Å². The van der Waals surface area contributed by atoms with Crippen LogP contribution in [0.15, 0.2) is 12.2 Å². The summed E-state index contributed by atoms with van der Waals surface area (Å²) < 4.78 is 10.5. The predicted octanol–water partition coefficient (Wildman–Crippen LogP) is 2.12. The standard InChI is InChI=1S/C17H27NO5/c1-12-11-18-16(21)13(10-15(20)23-17(2,3)4)8-6-5-7-9-14(19)22-12/h5-6,12-13H,7-11H2,1-4H3,(H,18,21)/t12-,13+/m1/s1. The Balaban J connectivity index is 2.71. The van der Waals surface area contributed by atoms with Crippen LogP contribution >= 0.6 is 0 Å². The van der Waals surface area contributed by atoms with Crippen molar-refractivity contribution in [3.63, 3.8) is 0 Å². The van der Waals surface area contributed by atoms with Gasteiger partial charge >= 0.3 is 11.9 Å². The van der Waals surface area contributed by atoms with Crippen molar-refractivity contribution in [3.8, 4) is 0 Å². The van der Waals surface area contributed by atoms with Crippen LogP contribution in [-0.2, 0) is 23.9 Å². The molecule has 0 bridgehead atoms. The first-order valence-electron chi connectivity index (χ1n) is 8.01. The van der Waals surface area contributed by atoms with Gasteiger partial charge in [0, 0.05) is 6.42 Å². The average molecular weight is 325 g/mol. The van der Waals surface area contributed by atoms with Crippen LogP contribution in [0.4, 0.5) is 0 Å². The smallest absolute Gasteiger partial charge is 0.307 e. The minimum atomic E-state index is -0.572. The van der Waals surface area contributed by atoms with E-state index in [0.717, 1.165) is 0 Å². The molecule has 0 radical (unpaired) electrons. The molecule has 0 spiro atoms. The van der Waals surface area contributed by atoms with Crippen LogP contribution in [0.5, 0.6) is 0 Å². The summed E-state index contributed by atoms with van der Waals surface area (Å²) in [6, 6.07) is 0. The lowest BCUT2D eigenvalue weighted by atomic mass is 9.99. The largest absolute Gasteiger partial charge is 0.461 e. The van der Waals surface area contributed by atoms with Gasteiger partial charge in [-0.25, -0.2) is 0 Å². The third kappa shape index (κ3) is 8.38. The van der Waals surface area contributed by atoms with Crippen molar-refractivity contribution in [1.82, 2.24) is 5.32 Å². The molecule has 130 valence electrons. The number of cyclic esters (lactones) is 1. The maximum Gasteiger partial charge on any atom is 0.307 e. The van der Waals surface area contributed by atoms with E-state index in [1.807, 2.05) is 12.2 Å². The zero-order chi connectivity index (χ0) is 17.5. The molecule has 1 heterocycles. The van der Waals surface area contributed by atoms with Gasteiger partial charge in [0.05, 0.1) is 18.9 Å². The van der Waals surface area contributed by atoms with Crippen molar-refractivity contribution in [1.29, 1.82) is 0 Å². The van der Waals surface area contributed by atoms with Crippen LogP contribution in [0.3, 0.4) is 0 Å². The first-order chi connectivity index (χ1) is 10.7. The summed E-state index contributed by atoms with van der Waals surface area (Å²) in [5, 5.41) is 2.73. The van der Waals surface area contributed by atoms with Gasteiger partial charge in [0.15, 0.2) is 0 Å². The summed E-state index contributed by atoms with van der Waals surface area (Å²) in [6.07, 6.45) is 4.61. The third-order valence-corrected chi connectivity index (χ3v) is 3.20. The number of esters is 2. The van der Waals surface area contributed by atoms with E-state index < -0.39 is 23.6 Å². The zero-order valence-corrected chi connectivity index (χ0v) is 14.4. The van der Waals surface area contributed by atoms with Gasteiger partial charge in [0.1, 0.15) is 11.7 Å². The SMILES string of the molecule is C[C@@H]1CNC(=O)[C@H](CC(=O)OC(C)(C)C)CC=CCCC(=O)O1. The number of carbonyl (C=O) groups is 3. The molecule has 1 aliphatic heterocycles. The average Bonchev–Trinajstić information content (AvgIpc) is 2.40. The maximum absolute atomic E-state index is 12.3. The van der Waals surface area contributed by atoms with Gasteiger partial charge in [-0.3, -0.25) is 14.4 Å². The summed E-state index contributed by atoms with van der Waals surface area (Å²) in [5.41, 5.74) is -0.572. The van der Waals surface area contributed by atoms with E-state index >= 15 is 0 Å². The number of amides is 1. The molecule has 0 aromatic heterocycles. The quantitative estimate of drug-likeness (QED) is 0.621. The van der Waals surface area contributed by atoms with Crippen molar-refractivity contribution in [2.45, 2.75) is 65.1 Å². The van der Waals surface area contributed by atoms with E-state index in [2.05, 4.69) is 5.32 Å². The summed E-state index contributed by atoms with van der Waals surface area (Å²) in [6.45, 7) is 7.34. The van der Waals surface area contributed by atoms with E-state index in [-0.39, 0.29) is 24.8 Å². The summed E-state index contributed by atoms with van der Waals surface area (Å²) in [4.78, 5) is 35.7. The molecule has 6 nitrogen and oxygen atoms in total. The van der Waals surface area contributed by atoms with Crippen LogP contribution in [0, 0.1) is 5.92 Å². The molecule has 0 saturated heterocycles. The highest BCUT2D eigenvalue weighted by Crippen LogP contribution is 2.16. The normalized spacial score (nSPS) is 24.0. The first-order valence-corrected chi connectivity index (χ1v) is 8.01. The number of hydrogen-bond acceptors (Lipinski definition) is 5. The van der Waals surface area contributed by atoms with E-state index in [1.54, 1.807) is 27.7 Å². The van der Waals surface area contributed by atoms with E-state index in [1.165, 1.54) is 0 Å². The Labute approximate surface area is 137 Å². The lowest BCUT2D eigenvalue weighted by molar-refractivity contribution is -0.157. The molecule has 1 aliphatic rings. The Bertz CT molecular complexity index is 464. The van der Waals surface area contributed by atoms with Gasteiger partial charge in [0.2, 0.25) is 5.91 Å². The Morgan fingerprint density at radius 2 is 2.04 bits per heavy atom. The molecule has 0 unspecified atom stereocenters. The molecule has 0 fully saturated rings. The molecular formula is C17H27NO5. The molecular weight excluding hydrogens is 298 g/mol. The highest BCUT2D eigenvalue weighted by Gasteiger charge is 2.25. The maximum atomic E-state index is 12.3. The number of allylic oxidation sites excluding steroid dienone is 2. The van der Waals surface area contributed by atoms with Gasteiger partial charge in [-0.2, -0.15) is 0 Å². The van der Waals surface area contributed by atoms with Crippen molar-refractivity contribution in [2.75, 3.05) is 6.54 Å². The van der Waals surface area contributed by atoms with Crippen molar-refractivity contribution in [2.24, 2.45) is 5.92 Å². The highest BCUT2D eigenvalue weighted by molar-refractivity contribution is 5.84. The van der Waals surface area contributed by atoms with Gasteiger partial charge in [-0.05, 0) is 40.5 Å². The predicted molar refractivity (Wildman–Crippen MR) is 85.5 cm³/mol. The first kappa shape index (κ1) is 19.2. The molecule has 6 heteroatoms. The number of nitrogens with one attached hydrogen (secondary N) is 1. The fraction of sp³-hybridized carbons (Fsp3) is 0.706. The van der Waals surface area contributed by atoms with E-state index in [4.69, 9.17) is 9.47 Å². The Morgan fingerprint density at radius 3 is 2.70 bits per heavy atom. The number of carbonyl (C=O) groups excluding carboxylic acids is 3. The second-order valence-electron chi connectivity index (χ2n) is 6.78. The molecule has 23 heavy (non-hydrogen) atoms. The fourth-order valence-electron chi connectivity index (χ4n) is 2.16. The lowest BCUT2D eigenvalue weighted by Gasteiger charge is -2.22. The third-order valence-electron chi connectivity index (χ3n) is 3.20. The molecule has 1 N–H and O–H groups in total. The number of ether oxygens (including phenoxy) is 2. The van der Waals surface area contributed by atoms with Gasteiger partial charge in [-0.1, -0.05) is 12.2 Å². The van der Waals surface area contributed by atoms with Crippen LogP contribution < -0.4 is 5.32 Å². The van der Waals surface area contributed by atoms with Gasteiger partial charge in [0.25, 0.3) is 0 Å². The molecule has 1 rings (SSSR count). The van der Waals surface area contributed by atoms with Crippen LogP contribution in [0.25, 0.3) is 0 Å². The molecule has 0 aromatic carbocycles. The van der Waals surface area contributed by atoms with Crippen molar-refractivity contribution >= 4 is 17.8 Å². The number of hydrogen-bond donors (Lipinski definition) is 1. The lowest BCUT2D eigenvalue weighted by Crippen LogP contribution is -2.38. The van der Waals surface area contributed by atoms with Gasteiger partial charge in [-0.15, -0.1) is 0 Å². The molecule has 2 atom stereocenters. The number of rotatable bonds is 2. The Hall–Kier alpha value is -1.85. The zero-order valence-electron chi connectivity index (χ0n) is 14.4. The monoisotopic (exact) mass is 325 g/mol. The van der Waals surface area contributed by atoms with Gasteiger partial charge < -0.3 is 14.8 Å². The Morgan fingerprint density at radius 1 is 1.35 bits per heavy atom. The van der Waals surface area contributed by atoms with Crippen LogP contribution in [0.2, 0.25) is 0 Å². The van der Waals surface area contributed by atoms with E-state index in [0.29, 0.717) is 19.3 Å². The molecule has 0 aromatic rings. The summed E-state index contributed by atoms with van der Waals surface area (Å²) in [5.74, 6) is -1.38. The van der Waals surface area contributed by atoms with Crippen LogP contribution in [0.1, 0.15) is 53.4 Å². The topological polar surface area (TPSA) is 81.7 Å². The van der Waals surface area contributed by atoms with Crippen LogP contribution in [-0.4, -0.2) is 36.1 Å². The second-order valence-corrected chi connectivity index (χ2v) is 6.78. The van der Waals surface area contributed by atoms with E-state index in [9.17, 15) is 14.4 Å². The fourth-order valence-corrected chi connectivity index (χ4v) is 2.16. The molecule has 0 saturated carbocycles. The molecule has 1 amide bonds. The summed E-state index contributed by atoms with van der Waals surface area (Å²) in [7, 11) is 0. The minimum Gasteiger partial charge on any atom is -0.461 e. The van der Waals surface area contributed by atoms with Crippen molar-refractivity contribution in [3.05, 3.63) is 12.2 Å². The second kappa shape index (κ2) is 8.70. The minimum absolute atomic E-state index is 0.0294. The summed E-state index contributed by atoms with van der Waals surface area (Å²) >= 11 is 0. The molecule has 0 aliphatic carbocycles.